The van der Waals surface area contributed by atoms with Gasteiger partial charge in [0.1, 0.15) is 0 Å². The van der Waals surface area contributed by atoms with Crippen molar-refractivity contribution in [1.29, 1.82) is 0 Å². The number of amides is 2. The minimum Gasteiger partial charge on any atom is -0.339 e. The number of aromatic amines is 1. The van der Waals surface area contributed by atoms with Gasteiger partial charge in [-0.05, 0) is 49.4 Å². The SMILES string of the molecule is O=C(CCC1CCN(C(=O)c2ccccc2)CC1)Nc1nc2ccccc2[nH]1. The van der Waals surface area contributed by atoms with E-state index in [0.717, 1.165) is 48.9 Å². The van der Waals surface area contributed by atoms with Gasteiger partial charge in [0.2, 0.25) is 11.9 Å². The van der Waals surface area contributed by atoms with E-state index in [9.17, 15) is 9.59 Å². The van der Waals surface area contributed by atoms with Gasteiger partial charge in [0.15, 0.2) is 0 Å². The summed E-state index contributed by atoms with van der Waals surface area (Å²) in [7, 11) is 0. The van der Waals surface area contributed by atoms with Crippen molar-refractivity contribution in [3.05, 3.63) is 60.2 Å². The number of hydrogen-bond donors (Lipinski definition) is 2. The largest absolute Gasteiger partial charge is 0.339 e. The summed E-state index contributed by atoms with van der Waals surface area (Å²) in [6.45, 7) is 1.51. The Morgan fingerprint density at radius 1 is 1.04 bits per heavy atom. The van der Waals surface area contributed by atoms with Gasteiger partial charge < -0.3 is 9.88 Å². The maximum absolute atomic E-state index is 12.5. The predicted molar refractivity (Wildman–Crippen MR) is 109 cm³/mol. The third-order valence-electron chi connectivity index (χ3n) is 5.35. The van der Waals surface area contributed by atoms with Crippen LogP contribution >= 0.6 is 0 Å². The lowest BCUT2D eigenvalue weighted by molar-refractivity contribution is -0.116. The number of hydrogen-bond acceptors (Lipinski definition) is 3. The highest BCUT2D eigenvalue weighted by Gasteiger charge is 2.24. The number of anilines is 1. The van der Waals surface area contributed by atoms with Crippen LogP contribution in [-0.4, -0.2) is 39.8 Å². The molecule has 144 valence electrons. The molecule has 2 amide bonds. The lowest BCUT2D eigenvalue weighted by atomic mass is 9.91. The summed E-state index contributed by atoms with van der Waals surface area (Å²) in [6, 6.07) is 17.1. The Hall–Kier alpha value is -3.15. The molecule has 2 N–H and O–H groups in total. The number of fused-ring (bicyclic) bond motifs is 1. The summed E-state index contributed by atoms with van der Waals surface area (Å²) in [6.07, 6.45) is 3.18. The topological polar surface area (TPSA) is 78.1 Å². The first kappa shape index (κ1) is 18.2. The molecule has 0 radical (unpaired) electrons. The molecule has 0 atom stereocenters. The van der Waals surface area contributed by atoms with Gasteiger partial charge in [-0.3, -0.25) is 14.9 Å². The van der Waals surface area contributed by atoms with Crippen molar-refractivity contribution >= 4 is 28.8 Å². The van der Waals surface area contributed by atoms with Crippen LogP contribution in [0, 0.1) is 5.92 Å². The fourth-order valence-electron chi connectivity index (χ4n) is 3.73. The summed E-state index contributed by atoms with van der Waals surface area (Å²) in [5, 5.41) is 2.85. The Bertz CT molecular complexity index is 926. The Balaban J connectivity index is 1.23. The van der Waals surface area contributed by atoms with Crippen molar-refractivity contribution in [2.45, 2.75) is 25.7 Å². The summed E-state index contributed by atoms with van der Waals surface area (Å²) in [5.41, 5.74) is 2.49. The van der Waals surface area contributed by atoms with Gasteiger partial charge in [0.05, 0.1) is 11.0 Å². The van der Waals surface area contributed by atoms with Crippen LogP contribution in [0.3, 0.4) is 0 Å². The number of para-hydroxylation sites is 2. The first-order valence-corrected chi connectivity index (χ1v) is 9.78. The molecule has 0 aliphatic carbocycles. The molecule has 28 heavy (non-hydrogen) atoms. The molecule has 0 bridgehead atoms. The molecule has 1 aromatic heterocycles. The number of likely N-dealkylation sites (tertiary alicyclic amines) is 1. The highest BCUT2D eigenvalue weighted by atomic mass is 16.2. The number of piperidine rings is 1. The highest BCUT2D eigenvalue weighted by molar-refractivity contribution is 5.94. The zero-order chi connectivity index (χ0) is 19.3. The molecule has 2 heterocycles. The molecule has 1 aliphatic heterocycles. The maximum Gasteiger partial charge on any atom is 0.253 e. The smallest absolute Gasteiger partial charge is 0.253 e. The molecule has 1 fully saturated rings. The van der Waals surface area contributed by atoms with Crippen LogP contribution in [0.15, 0.2) is 54.6 Å². The molecule has 2 aromatic carbocycles. The Morgan fingerprint density at radius 2 is 1.75 bits per heavy atom. The monoisotopic (exact) mass is 376 g/mol. The molecular weight excluding hydrogens is 352 g/mol. The molecule has 4 rings (SSSR count). The van der Waals surface area contributed by atoms with Crippen molar-refractivity contribution in [3.8, 4) is 0 Å². The average molecular weight is 376 g/mol. The predicted octanol–water partition coefficient (Wildman–Crippen LogP) is 3.83. The van der Waals surface area contributed by atoms with E-state index in [0.29, 0.717) is 18.3 Å². The van der Waals surface area contributed by atoms with Crippen LogP contribution < -0.4 is 5.32 Å². The van der Waals surface area contributed by atoms with Gasteiger partial charge in [-0.1, -0.05) is 30.3 Å². The quantitative estimate of drug-likeness (QED) is 0.710. The van der Waals surface area contributed by atoms with Gasteiger partial charge in [0.25, 0.3) is 5.91 Å². The third-order valence-corrected chi connectivity index (χ3v) is 5.35. The normalized spacial score (nSPS) is 14.9. The van der Waals surface area contributed by atoms with Gasteiger partial charge in [-0.25, -0.2) is 4.98 Å². The Kier molecular flexibility index (Phi) is 5.37. The van der Waals surface area contributed by atoms with Crippen LogP contribution in [0.1, 0.15) is 36.0 Å². The Morgan fingerprint density at radius 3 is 2.50 bits per heavy atom. The number of imidazole rings is 1. The van der Waals surface area contributed by atoms with Crippen molar-refractivity contribution in [2.75, 3.05) is 18.4 Å². The summed E-state index contributed by atoms with van der Waals surface area (Å²) >= 11 is 0. The van der Waals surface area contributed by atoms with E-state index in [-0.39, 0.29) is 11.8 Å². The van der Waals surface area contributed by atoms with E-state index in [1.807, 2.05) is 59.5 Å². The van der Waals surface area contributed by atoms with Crippen LogP contribution in [0.4, 0.5) is 5.95 Å². The number of nitrogens with zero attached hydrogens (tertiary/aromatic N) is 2. The highest BCUT2D eigenvalue weighted by Crippen LogP contribution is 2.23. The van der Waals surface area contributed by atoms with Crippen LogP contribution in [0.5, 0.6) is 0 Å². The molecule has 0 saturated carbocycles. The van der Waals surface area contributed by atoms with Gasteiger partial charge in [-0.15, -0.1) is 0 Å². The van der Waals surface area contributed by atoms with E-state index in [4.69, 9.17) is 0 Å². The average Bonchev–Trinajstić information content (AvgIpc) is 3.15. The van der Waals surface area contributed by atoms with E-state index < -0.39 is 0 Å². The number of H-pyrrole nitrogens is 1. The summed E-state index contributed by atoms with van der Waals surface area (Å²) in [4.78, 5) is 34.2. The van der Waals surface area contributed by atoms with Crippen molar-refractivity contribution in [3.63, 3.8) is 0 Å². The van der Waals surface area contributed by atoms with E-state index in [2.05, 4.69) is 15.3 Å². The minimum absolute atomic E-state index is 0.0261. The van der Waals surface area contributed by atoms with E-state index in [1.165, 1.54) is 0 Å². The summed E-state index contributed by atoms with van der Waals surface area (Å²) in [5.74, 6) is 1.04. The van der Waals surface area contributed by atoms with E-state index >= 15 is 0 Å². The number of aromatic nitrogens is 2. The van der Waals surface area contributed by atoms with Crippen LogP contribution in [0.2, 0.25) is 0 Å². The standard InChI is InChI=1S/C22H24N4O2/c27-20(25-22-23-18-8-4-5-9-19(18)24-22)11-10-16-12-14-26(15-13-16)21(28)17-6-2-1-3-7-17/h1-9,16H,10-15H2,(H2,23,24,25,27). The molecule has 1 saturated heterocycles. The molecule has 0 spiro atoms. The second-order valence-corrected chi connectivity index (χ2v) is 7.29. The van der Waals surface area contributed by atoms with Gasteiger partial charge in [-0.2, -0.15) is 0 Å². The zero-order valence-corrected chi connectivity index (χ0v) is 15.7. The number of benzene rings is 2. The molecule has 6 nitrogen and oxygen atoms in total. The third kappa shape index (κ3) is 4.22. The maximum atomic E-state index is 12.5. The van der Waals surface area contributed by atoms with Crippen LogP contribution in [-0.2, 0) is 4.79 Å². The zero-order valence-electron chi connectivity index (χ0n) is 15.7. The van der Waals surface area contributed by atoms with Crippen molar-refractivity contribution in [2.24, 2.45) is 5.92 Å². The van der Waals surface area contributed by atoms with Crippen molar-refractivity contribution < 1.29 is 9.59 Å². The fraction of sp³-hybridized carbons (Fsp3) is 0.318. The number of nitrogens with one attached hydrogen (secondary N) is 2. The second kappa shape index (κ2) is 8.25. The number of carbonyl (C=O) groups excluding carboxylic acids is 2. The first-order valence-electron chi connectivity index (χ1n) is 9.78. The lowest BCUT2D eigenvalue weighted by Crippen LogP contribution is -2.38. The van der Waals surface area contributed by atoms with Gasteiger partial charge >= 0.3 is 0 Å². The second-order valence-electron chi connectivity index (χ2n) is 7.29. The Labute approximate surface area is 164 Å². The lowest BCUT2D eigenvalue weighted by Gasteiger charge is -2.32. The van der Waals surface area contributed by atoms with Crippen molar-refractivity contribution in [1.82, 2.24) is 14.9 Å². The number of rotatable bonds is 5. The summed E-state index contributed by atoms with van der Waals surface area (Å²) < 4.78 is 0. The molecule has 3 aromatic rings. The fourth-order valence-corrected chi connectivity index (χ4v) is 3.73. The molecule has 1 aliphatic rings. The van der Waals surface area contributed by atoms with Gasteiger partial charge in [0, 0.05) is 25.1 Å². The van der Waals surface area contributed by atoms with Crippen LogP contribution in [0.25, 0.3) is 11.0 Å². The minimum atomic E-state index is -0.0261. The van der Waals surface area contributed by atoms with E-state index in [1.54, 1.807) is 0 Å². The first-order chi connectivity index (χ1) is 13.7. The molecular formula is C22H24N4O2. The molecule has 0 unspecified atom stereocenters. The molecule has 6 heteroatoms. The number of carbonyl (C=O) groups is 2.